The fourth-order valence-electron chi connectivity index (χ4n) is 2.15. The molecule has 0 atom stereocenters. The summed E-state index contributed by atoms with van der Waals surface area (Å²) in [6.07, 6.45) is 0. The molecule has 0 aliphatic rings. The Balaban J connectivity index is 2.00. The second-order valence-electron chi connectivity index (χ2n) is 5.84. The molecule has 0 radical (unpaired) electrons. The van der Waals surface area contributed by atoms with Gasteiger partial charge in [-0.05, 0) is 42.5 Å². The molecule has 2 aromatic rings. The van der Waals surface area contributed by atoms with Crippen LogP contribution < -0.4 is 4.74 Å². The predicted molar refractivity (Wildman–Crippen MR) is 101 cm³/mol. The molecule has 0 aliphatic carbocycles. The molecule has 140 valence electrons. The van der Waals surface area contributed by atoms with Crippen molar-refractivity contribution in [1.82, 2.24) is 9.21 Å². The van der Waals surface area contributed by atoms with Crippen molar-refractivity contribution < 1.29 is 17.9 Å². The van der Waals surface area contributed by atoms with E-state index < -0.39 is 10.0 Å². The van der Waals surface area contributed by atoms with Crippen molar-refractivity contribution in [2.24, 2.45) is 0 Å². The summed E-state index contributed by atoms with van der Waals surface area (Å²) in [5.74, 6) is 0.384. The minimum absolute atomic E-state index is 0.0826. The largest absolute Gasteiger partial charge is 0.492 e. The minimum Gasteiger partial charge on any atom is -0.492 e. The summed E-state index contributed by atoms with van der Waals surface area (Å²) in [5, 5.41) is 0.622. The van der Waals surface area contributed by atoms with Crippen LogP contribution in [0.5, 0.6) is 5.75 Å². The molecule has 0 saturated carbocycles. The Morgan fingerprint density at radius 1 is 1.08 bits per heavy atom. The number of hydrogen-bond acceptors (Lipinski definition) is 4. The molecule has 0 aromatic heterocycles. The number of rotatable bonds is 7. The van der Waals surface area contributed by atoms with E-state index in [9.17, 15) is 13.2 Å². The Morgan fingerprint density at radius 3 is 2.35 bits per heavy atom. The van der Waals surface area contributed by atoms with Gasteiger partial charge in [0, 0.05) is 31.7 Å². The van der Waals surface area contributed by atoms with E-state index in [1.54, 1.807) is 43.4 Å². The highest BCUT2D eigenvalue weighted by Gasteiger charge is 2.20. The van der Waals surface area contributed by atoms with Gasteiger partial charge in [-0.15, -0.1) is 0 Å². The van der Waals surface area contributed by atoms with Gasteiger partial charge in [-0.3, -0.25) is 4.79 Å². The molecule has 0 bridgehead atoms. The zero-order valence-electron chi connectivity index (χ0n) is 14.8. The number of carbonyl (C=O) groups excluding carboxylic acids is 1. The summed E-state index contributed by atoms with van der Waals surface area (Å²) in [7, 11) is 0.948. The number of amides is 1. The Morgan fingerprint density at radius 2 is 1.73 bits per heavy atom. The monoisotopic (exact) mass is 396 g/mol. The van der Waals surface area contributed by atoms with Crippen LogP contribution in [0.3, 0.4) is 0 Å². The summed E-state index contributed by atoms with van der Waals surface area (Å²) in [6.45, 7) is 0.658. The summed E-state index contributed by atoms with van der Waals surface area (Å²) in [6, 6.07) is 12.9. The van der Waals surface area contributed by atoms with Crippen LogP contribution in [0.4, 0.5) is 0 Å². The molecule has 0 unspecified atom stereocenters. The maximum atomic E-state index is 12.5. The number of nitrogens with zero attached hydrogens (tertiary/aromatic N) is 2. The van der Waals surface area contributed by atoms with Crippen LogP contribution in [0.2, 0.25) is 5.02 Å². The van der Waals surface area contributed by atoms with Crippen LogP contribution in [0.15, 0.2) is 53.4 Å². The number of hydrogen-bond donors (Lipinski definition) is 0. The van der Waals surface area contributed by atoms with Gasteiger partial charge in [-0.1, -0.05) is 17.7 Å². The van der Waals surface area contributed by atoms with E-state index in [1.165, 1.54) is 31.1 Å². The molecule has 0 heterocycles. The number of sulfonamides is 1. The first-order chi connectivity index (χ1) is 12.2. The Bertz CT molecular complexity index is 867. The lowest BCUT2D eigenvalue weighted by molar-refractivity contribution is 0.0773. The van der Waals surface area contributed by atoms with Crippen LogP contribution in [-0.2, 0) is 10.0 Å². The summed E-state index contributed by atoms with van der Waals surface area (Å²) < 4.78 is 31.1. The van der Waals surface area contributed by atoms with Gasteiger partial charge in [0.15, 0.2) is 0 Å². The summed E-state index contributed by atoms with van der Waals surface area (Å²) >= 11 is 5.82. The van der Waals surface area contributed by atoms with Crippen molar-refractivity contribution in [2.45, 2.75) is 4.90 Å². The molecule has 0 N–H and O–H groups in total. The van der Waals surface area contributed by atoms with Crippen molar-refractivity contribution in [3.05, 3.63) is 59.1 Å². The standard InChI is InChI=1S/C18H21ClN2O4S/c1-20(2)26(23,24)17-6-4-5-14(13-17)18(22)21(3)11-12-25-16-9-7-15(19)8-10-16/h4-10,13H,11-12H2,1-3H3. The third kappa shape index (κ3) is 4.97. The fourth-order valence-corrected chi connectivity index (χ4v) is 3.23. The molecule has 2 aromatic carbocycles. The van der Waals surface area contributed by atoms with E-state index in [0.29, 0.717) is 29.5 Å². The van der Waals surface area contributed by atoms with Crippen LogP contribution in [-0.4, -0.2) is 57.8 Å². The Labute approximate surface area is 159 Å². The number of halogens is 1. The van der Waals surface area contributed by atoms with Crippen molar-refractivity contribution in [3.63, 3.8) is 0 Å². The van der Waals surface area contributed by atoms with Gasteiger partial charge < -0.3 is 9.64 Å². The fraction of sp³-hybridized carbons (Fsp3) is 0.278. The molecular formula is C18H21ClN2O4S. The lowest BCUT2D eigenvalue weighted by Crippen LogP contribution is -2.31. The molecule has 2 rings (SSSR count). The zero-order chi connectivity index (χ0) is 19.3. The number of benzene rings is 2. The molecule has 26 heavy (non-hydrogen) atoms. The van der Waals surface area contributed by atoms with E-state index in [4.69, 9.17) is 16.3 Å². The average Bonchev–Trinajstić information content (AvgIpc) is 2.62. The van der Waals surface area contributed by atoms with E-state index in [2.05, 4.69) is 0 Å². The second-order valence-corrected chi connectivity index (χ2v) is 8.43. The first-order valence-corrected chi connectivity index (χ1v) is 9.70. The lowest BCUT2D eigenvalue weighted by Gasteiger charge is -2.18. The molecule has 1 amide bonds. The lowest BCUT2D eigenvalue weighted by atomic mass is 10.2. The van der Waals surface area contributed by atoms with Gasteiger partial charge in [0.1, 0.15) is 12.4 Å². The first-order valence-electron chi connectivity index (χ1n) is 7.88. The van der Waals surface area contributed by atoms with Crippen molar-refractivity contribution >= 4 is 27.5 Å². The van der Waals surface area contributed by atoms with Gasteiger partial charge in [-0.2, -0.15) is 0 Å². The van der Waals surface area contributed by atoms with Gasteiger partial charge in [0.25, 0.3) is 5.91 Å². The van der Waals surface area contributed by atoms with Crippen LogP contribution in [0, 0.1) is 0 Å². The third-order valence-corrected chi connectivity index (χ3v) is 5.78. The number of likely N-dealkylation sites (N-methyl/N-ethyl adjacent to an activating group) is 1. The smallest absolute Gasteiger partial charge is 0.253 e. The SMILES string of the molecule is CN(CCOc1ccc(Cl)cc1)C(=O)c1cccc(S(=O)(=O)N(C)C)c1. The zero-order valence-corrected chi connectivity index (χ0v) is 16.4. The second kappa shape index (κ2) is 8.53. The quantitative estimate of drug-likeness (QED) is 0.721. The Hall–Kier alpha value is -2.09. The van der Waals surface area contributed by atoms with Crippen LogP contribution >= 0.6 is 11.6 Å². The van der Waals surface area contributed by atoms with Gasteiger partial charge in [0.2, 0.25) is 10.0 Å². The summed E-state index contributed by atoms with van der Waals surface area (Å²) in [5.41, 5.74) is 0.307. The normalized spacial score (nSPS) is 11.4. The molecule has 0 fully saturated rings. The van der Waals surface area contributed by atoms with Gasteiger partial charge in [-0.25, -0.2) is 12.7 Å². The summed E-state index contributed by atoms with van der Waals surface area (Å²) in [4.78, 5) is 14.1. The van der Waals surface area contributed by atoms with E-state index >= 15 is 0 Å². The van der Waals surface area contributed by atoms with E-state index in [-0.39, 0.29) is 10.8 Å². The van der Waals surface area contributed by atoms with Crippen molar-refractivity contribution in [3.8, 4) is 5.75 Å². The minimum atomic E-state index is -3.59. The topological polar surface area (TPSA) is 66.9 Å². The molecule has 0 aliphatic heterocycles. The average molecular weight is 397 g/mol. The van der Waals surface area contributed by atoms with Crippen LogP contribution in [0.1, 0.15) is 10.4 Å². The Kier molecular flexibility index (Phi) is 6.63. The van der Waals surface area contributed by atoms with Crippen LogP contribution in [0.25, 0.3) is 0 Å². The number of carbonyl (C=O) groups is 1. The van der Waals surface area contributed by atoms with Crippen molar-refractivity contribution in [2.75, 3.05) is 34.3 Å². The highest BCUT2D eigenvalue weighted by Crippen LogP contribution is 2.17. The molecule has 0 saturated heterocycles. The van der Waals surface area contributed by atoms with Gasteiger partial charge in [0.05, 0.1) is 11.4 Å². The maximum Gasteiger partial charge on any atom is 0.253 e. The van der Waals surface area contributed by atoms with E-state index in [0.717, 1.165) is 4.31 Å². The van der Waals surface area contributed by atoms with E-state index in [1.807, 2.05) is 0 Å². The highest BCUT2D eigenvalue weighted by atomic mass is 35.5. The third-order valence-electron chi connectivity index (χ3n) is 3.72. The van der Waals surface area contributed by atoms with Crippen molar-refractivity contribution in [1.29, 1.82) is 0 Å². The molecular weight excluding hydrogens is 376 g/mol. The molecule has 6 nitrogen and oxygen atoms in total. The van der Waals surface area contributed by atoms with Gasteiger partial charge >= 0.3 is 0 Å². The maximum absolute atomic E-state index is 12.5. The highest BCUT2D eigenvalue weighted by molar-refractivity contribution is 7.89. The molecule has 8 heteroatoms. The predicted octanol–water partition coefficient (Wildman–Crippen LogP) is 2.74. The first kappa shape index (κ1) is 20.2. The molecule has 0 spiro atoms. The number of ether oxygens (including phenoxy) is 1.